The van der Waals surface area contributed by atoms with Crippen LogP contribution in [-0.2, 0) is 12.0 Å². The Kier molecular flexibility index (Phi) is 3.88. The maximum absolute atomic E-state index is 4.55. The van der Waals surface area contributed by atoms with E-state index in [0.717, 1.165) is 12.2 Å². The first-order valence-corrected chi connectivity index (χ1v) is 14.8. The van der Waals surface area contributed by atoms with Crippen molar-refractivity contribution in [1.29, 1.82) is 0 Å². The Hall–Kier alpha value is -5.09. The number of para-hydroxylation sites is 1. The lowest BCUT2D eigenvalue weighted by atomic mass is 9.81. The van der Waals surface area contributed by atoms with Crippen molar-refractivity contribution in [2.75, 3.05) is 0 Å². The maximum Gasteiger partial charge on any atom is 0.0722 e. The van der Waals surface area contributed by atoms with Crippen molar-refractivity contribution >= 4 is 72.6 Å². The molecule has 3 aromatic carbocycles. The zero-order valence-electron chi connectivity index (χ0n) is 23.8. The lowest BCUT2D eigenvalue weighted by Crippen LogP contribution is -2.15. The summed E-state index contributed by atoms with van der Waals surface area (Å²) in [6.07, 6.45) is 14.8. The first kappa shape index (κ1) is 22.6. The molecule has 0 saturated carbocycles. The number of allylic oxidation sites excluding steroid dienone is 1. The van der Waals surface area contributed by atoms with Gasteiger partial charge in [0, 0.05) is 55.1 Å². The molecule has 0 atom stereocenters. The molecule has 200 valence electrons. The van der Waals surface area contributed by atoms with Gasteiger partial charge in [-0.1, -0.05) is 50.8 Å². The number of hydrogen-bond acceptors (Lipinski definition) is 2. The van der Waals surface area contributed by atoms with Gasteiger partial charge in [0.15, 0.2) is 0 Å². The molecule has 0 saturated heterocycles. The molecule has 0 bridgehead atoms. The Morgan fingerprint density at radius 3 is 2.43 bits per heavy atom. The molecule has 10 rings (SSSR count). The van der Waals surface area contributed by atoms with Crippen LogP contribution < -0.4 is 5.32 Å². The number of benzene rings is 3. The van der Waals surface area contributed by atoms with Crippen molar-refractivity contribution in [3.8, 4) is 11.1 Å². The summed E-state index contributed by atoms with van der Waals surface area (Å²) < 4.78 is 4.92. The lowest BCUT2D eigenvalue weighted by molar-refractivity contribution is 0.662. The minimum Gasteiger partial charge on any atom is -0.385 e. The highest BCUT2D eigenvalue weighted by atomic mass is 15.0. The Labute approximate surface area is 242 Å². The van der Waals surface area contributed by atoms with Crippen LogP contribution in [0.2, 0.25) is 0 Å². The van der Waals surface area contributed by atoms with Crippen LogP contribution in [0.4, 0.5) is 0 Å². The number of rotatable bonds is 2. The van der Waals surface area contributed by atoms with Gasteiger partial charge in [-0.25, -0.2) is 0 Å². The molecule has 1 aliphatic heterocycles. The first-order chi connectivity index (χ1) is 20.6. The third-order valence-corrected chi connectivity index (χ3v) is 10.2. The zero-order valence-corrected chi connectivity index (χ0v) is 23.8. The van der Waals surface area contributed by atoms with Crippen molar-refractivity contribution < 1.29 is 0 Å². The van der Waals surface area contributed by atoms with Gasteiger partial charge in [-0.2, -0.15) is 0 Å². The van der Waals surface area contributed by atoms with Gasteiger partial charge < -0.3 is 14.1 Å². The minimum absolute atomic E-state index is 0.178. The molecular weight excluding hydrogens is 512 g/mol. The largest absolute Gasteiger partial charge is 0.385 e. The highest BCUT2D eigenvalue weighted by molar-refractivity contribution is 6.28. The second-order valence-electron chi connectivity index (χ2n) is 12.4. The molecule has 0 spiro atoms. The van der Waals surface area contributed by atoms with E-state index in [9.17, 15) is 0 Å². The van der Waals surface area contributed by atoms with Gasteiger partial charge in [-0.05, 0) is 71.8 Å². The molecule has 4 heteroatoms. The third kappa shape index (κ3) is 2.27. The molecule has 0 radical (unpaired) electrons. The minimum atomic E-state index is -0.178. The van der Waals surface area contributed by atoms with Crippen molar-refractivity contribution in [2.24, 2.45) is 0 Å². The molecule has 0 amide bonds. The van der Waals surface area contributed by atoms with Gasteiger partial charge in [0.2, 0.25) is 0 Å². The Morgan fingerprint density at radius 2 is 1.64 bits per heavy atom. The number of nitrogens with zero attached hydrogens (tertiary/aromatic N) is 3. The normalized spacial score (nSPS) is 15.7. The molecular formula is C38H28N4. The Bertz CT molecular complexity index is 2570. The van der Waals surface area contributed by atoms with Crippen molar-refractivity contribution in [1.82, 2.24) is 19.1 Å². The van der Waals surface area contributed by atoms with Gasteiger partial charge in [0.05, 0.1) is 46.2 Å². The molecule has 6 heterocycles. The predicted molar refractivity (Wildman–Crippen MR) is 177 cm³/mol. The Morgan fingerprint density at radius 1 is 0.905 bits per heavy atom. The van der Waals surface area contributed by atoms with Crippen LogP contribution in [0.3, 0.4) is 0 Å². The van der Waals surface area contributed by atoms with E-state index in [0.29, 0.717) is 0 Å². The van der Waals surface area contributed by atoms with Crippen molar-refractivity contribution in [2.45, 2.75) is 32.7 Å². The monoisotopic (exact) mass is 540 g/mol. The van der Waals surface area contributed by atoms with E-state index in [1.807, 2.05) is 18.5 Å². The molecule has 2 aliphatic rings. The molecule has 1 N–H and O–H groups in total. The van der Waals surface area contributed by atoms with E-state index >= 15 is 0 Å². The van der Waals surface area contributed by atoms with Gasteiger partial charge >= 0.3 is 0 Å². The predicted octanol–water partition coefficient (Wildman–Crippen LogP) is 9.13. The summed E-state index contributed by atoms with van der Waals surface area (Å²) in [5, 5.41) is 11.4. The van der Waals surface area contributed by atoms with Gasteiger partial charge in [-0.3, -0.25) is 4.98 Å². The number of pyridine rings is 1. The van der Waals surface area contributed by atoms with E-state index in [2.05, 4.69) is 113 Å². The molecule has 4 nitrogen and oxygen atoms in total. The van der Waals surface area contributed by atoms with E-state index in [-0.39, 0.29) is 5.41 Å². The molecule has 0 fully saturated rings. The topological polar surface area (TPSA) is 33.7 Å². The summed E-state index contributed by atoms with van der Waals surface area (Å²) in [6, 6.07) is 16.0. The fraction of sp³-hybridized carbons (Fsp3) is 0.132. The molecule has 1 aliphatic carbocycles. The van der Waals surface area contributed by atoms with Gasteiger partial charge in [-0.15, -0.1) is 0 Å². The fourth-order valence-corrected chi connectivity index (χ4v) is 8.56. The number of fused-ring (bicyclic) bond motifs is 14. The van der Waals surface area contributed by atoms with Gasteiger partial charge in [0.25, 0.3) is 0 Å². The average molecular weight is 541 g/mol. The number of nitrogens with one attached hydrogen (secondary N) is 1. The lowest BCUT2D eigenvalue weighted by Gasteiger charge is -2.22. The molecule has 5 aromatic heterocycles. The van der Waals surface area contributed by atoms with E-state index < -0.39 is 0 Å². The van der Waals surface area contributed by atoms with Crippen LogP contribution in [0.25, 0.3) is 83.7 Å². The summed E-state index contributed by atoms with van der Waals surface area (Å²) in [5.41, 5.74) is 15.5. The van der Waals surface area contributed by atoms with Gasteiger partial charge in [0.1, 0.15) is 0 Å². The summed E-state index contributed by atoms with van der Waals surface area (Å²) in [4.78, 5) is 4.55. The smallest absolute Gasteiger partial charge is 0.0722 e. The zero-order chi connectivity index (χ0) is 28.1. The first-order valence-electron chi connectivity index (χ1n) is 14.8. The Balaban J connectivity index is 1.52. The van der Waals surface area contributed by atoms with Crippen LogP contribution in [0, 0.1) is 0 Å². The second kappa shape index (κ2) is 7.21. The summed E-state index contributed by atoms with van der Waals surface area (Å²) in [5.74, 6) is 0. The molecule has 42 heavy (non-hydrogen) atoms. The van der Waals surface area contributed by atoms with E-state index in [1.165, 1.54) is 93.5 Å². The van der Waals surface area contributed by atoms with Crippen LogP contribution in [0.15, 0.2) is 73.7 Å². The quantitative estimate of drug-likeness (QED) is 0.237. The van der Waals surface area contributed by atoms with Crippen LogP contribution in [0.5, 0.6) is 0 Å². The summed E-state index contributed by atoms with van der Waals surface area (Å²) >= 11 is 0. The van der Waals surface area contributed by atoms with Crippen molar-refractivity contribution in [3.63, 3.8) is 0 Å². The van der Waals surface area contributed by atoms with Crippen molar-refractivity contribution in [3.05, 3.63) is 107 Å². The van der Waals surface area contributed by atoms with Crippen LogP contribution in [-0.4, -0.2) is 13.8 Å². The highest BCUT2D eigenvalue weighted by Gasteiger charge is 2.42. The standard InChI is InChI=1S/C38H28N4/c1-5-9-22-28(6-2)41-29-11-8-7-10-20(29)24-16-26-34(32(22)36(24)41)35-27(38(26,3)4)17-25-21-12-14-39-18-30(21)42-31-19-40-15-13-23(31)33(35)37(25)42/h5-18,40H,2,19H2,1,3-4H3/b9-5-. The summed E-state index contributed by atoms with van der Waals surface area (Å²) in [7, 11) is 0. The molecule has 0 unspecified atom stereocenters. The SMILES string of the molecule is C=Cc1c(/C=C\C)c2c3c(cc4c5ccccc5n1c24)C(C)(C)c1cc2c4ccncc4n4c5c(c(c1-3)c24)C=CNC5. The fourth-order valence-electron chi connectivity index (χ4n) is 8.56. The van der Waals surface area contributed by atoms with Crippen LogP contribution in [0.1, 0.15) is 54.4 Å². The second-order valence-corrected chi connectivity index (χ2v) is 12.4. The van der Waals surface area contributed by atoms with Crippen LogP contribution >= 0.6 is 0 Å². The number of aromatic nitrogens is 3. The average Bonchev–Trinajstić information content (AvgIpc) is 3.77. The third-order valence-electron chi connectivity index (χ3n) is 10.2. The van der Waals surface area contributed by atoms with E-state index in [4.69, 9.17) is 0 Å². The van der Waals surface area contributed by atoms with E-state index in [1.54, 1.807) is 0 Å². The molecule has 8 aromatic rings. The maximum atomic E-state index is 4.55. The number of hydrogen-bond donors (Lipinski definition) is 1. The highest BCUT2D eigenvalue weighted by Crippen LogP contribution is 2.59. The summed E-state index contributed by atoms with van der Waals surface area (Å²) in [6.45, 7) is 12.1.